The van der Waals surface area contributed by atoms with Crippen LogP contribution in [0.5, 0.6) is 0 Å². The van der Waals surface area contributed by atoms with Crippen molar-refractivity contribution in [3.05, 3.63) is 54.1 Å². The van der Waals surface area contributed by atoms with Crippen molar-refractivity contribution in [2.45, 2.75) is 47.0 Å². The van der Waals surface area contributed by atoms with Crippen LogP contribution < -0.4 is 16.0 Å². The number of carbonyl (C=O) groups is 3. The molecule has 7 heteroatoms. The van der Waals surface area contributed by atoms with Gasteiger partial charge in [-0.3, -0.25) is 14.4 Å². The van der Waals surface area contributed by atoms with Gasteiger partial charge in [-0.15, -0.1) is 0 Å². The van der Waals surface area contributed by atoms with Crippen molar-refractivity contribution in [1.29, 1.82) is 0 Å². The van der Waals surface area contributed by atoms with Crippen molar-refractivity contribution in [3.63, 3.8) is 0 Å². The van der Waals surface area contributed by atoms with Gasteiger partial charge in [0.2, 0.25) is 11.8 Å². The first kappa shape index (κ1) is 25.9. The molecule has 0 atom stereocenters. The molecule has 0 heterocycles. The zero-order chi connectivity index (χ0) is 24.2. The molecule has 0 unspecified atom stereocenters. The standard InChI is InChI=1S/C26H36N4O3/c1-5-15-30(16-6-2)26(33)20-7-9-22(10-8-20)29-25(32)18-27-21-11-13-23(14-12-21)28-24(31)17-19(3)4/h7-14,19,27H,5-6,15-18H2,1-4H3,(H,28,31)(H,29,32). The number of hydrogen-bond acceptors (Lipinski definition) is 4. The molecule has 0 aliphatic rings. The molecule has 0 aliphatic heterocycles. The minimum Gasteiger partial charge on any atom is -0.376 e. The molecule has 7 nitrogen and oxygen atoms in total. The van der Waals surface area contributed by atoms with E-state index in [4.69, 9.17) is 0 Å². The maximum Gasteiger partial charge on any atom is 0.253 e. The summed E-state index contributed by atoms with van der Waals surface area (Å²) in [6.07, 6.45) is 2.32. The highest BCUT2D eigenvalue weighted by Crippen LogP contribution is 2.15. The van der Waals surface area contributed by atoms with Gasteiger partial charge in [0.25, 0.3) is 5.91 Å². The summed E-state index contributed by atoms with van der Waals surface area (Å²) in [7, 11) is 0. The first-order valence-corrected chi connectivity index (χ1v) is 11.6. The minimum absolute atomic E-state index is 0.0127. The van der Waals surface area contributed by atoms with Crippen LogP contribution in [0.25, 0.3) is 0 Å². The van der Waals surface area contributed by atoms with Crippen molar-refractivity contribution in [1.82, 2.24) is 4.90 Å². The van der Waals surface area contributed by atoms with Crippen molar-refractivity contribution in [2.75, 3.05) is 35.6 Å². The zero-order valence-electron chi connectivity index (χ0n) is 20.1. The van der Waals surface area contributed by atoms with E-state index < -0.39 is 0 Å². The third kappa shape index (κ3) is 8.96. The highest BCUT2D eigenvalue weighted by Gasteiger charge is 2.14. The summed E-state index contributed by atoms with van der Waals surface area (Å²) in [6.45, 7) is 9.69. The van der Waals surface area contributed by atoms with Gasteiger partial charge in [0.1, 0.15) is 0 Å². The van der Waals surface area contributed by atoms with Gasteiger partial charge in [-0.05, 0) is 67.3 Å². The summed E-state index contributed by atoms with van der Waals surface area (Å²) in [4.78, 5) is 38.7. The summed E-state index contributed by atoms with van der Waals surface area (Å²) in [6, 6.07) is 14.2. The minimum atomic E-state index is -0.193. The third-order valence-corrected chi connectivity index (χ3v) is 4.91. The Hall–Kier alpha value is -3.35. The Morgan fingerprint density at radius 1 is 0.758 bits per heavy atom. The second kappa shape index (κ2) is 13.3. The molecule has 3 amide bonds. The van der Waals surface area contributed by atoms with E-state index in [1.807, 2.05) is 30.9 Å². The Labute approximate surface area is 196 Å². The van der Waals surface area contributed by atoms with Crippen LogP contribution in [0.2, 0.25) is 0 Å². The molecule has 0 spiro atoms. The van der Waals surface area contributed by atoms with Crippen molar-refractivity contribution in [3.8, 4) is 0 Å². The molecule has 2 aromatic rings. The van der Waals surface area contributed by atoms with Gasteiger partial charge >= 0.3 is 0 Å². The van der Waals surface area contributed by atoms with E-state index in [9.17, 15) is 14.4 Å². The quantitative estimate of drug-likeness (QED) is 0.423. The zero-order valence-corrected chi connectivity index (χ0v) is 20.1. The second-order valence-electron chi connectivity index (χ2n) is 8.49. The number of anilines is 3. The Morgan fingerprint density at radius 2 is 1.24 bits per heavy atom. The van der Waals surface area contributed by atoms with Crippen LogP contribution in [-0.4, -0.2) is 42.3 Å². The van der Waals surface area contributed by atoms with E-state index in [1.54, 1.807) is 36.4 Å². The van der Waals surface area contributed by atoms with E-state index in [2.05, 4.69) is 29.8 Å². The highest BCUT2D eigenvalue weighted by molar-refractivity contribution is 5.97. The monoisotopic (exact) mass is 452 g/mol. The molecule has 0 radical (unpaired) electrons. The number of carbonyl (C=O) groups excluding carboxylic acids is 3. The number of nitrogens with one attached hydrogen (secondary N) is 3. The number of rotatable bonds is 12. The first-order chi connectivity index (χ1) is 15.8. The van der Waals surface area contributed by atoms with Gasteiger partial charge in [-0.1, -0.05) is 27.7 Å². The molecule has 0 bridgehead atoms. The highest BCUT2D eigenvalue weighted by atomic mass is 16.2. The molecular formula is C26H36N4O3. The average molecular weight is 453 g/mol. The molecule has 2 aromatic carbocycles. The van der Waals surface area contributed by atoms with Crippen LogP contribution in [0.3, 0.4) is 0 Å². The predicted molar refractivity (Wildman–Crippen MR) is 135 cm³/mol. The number of nitrogens with zero attached hydrogens (tertiary/aromatic N) is 1. The Bertz CT molecular complexity index is 902. The van der Waals surface area contributed by atoms with Crippen LogP contribution >= 0.6 is 0 Å². The lowest BCUT2D eigenvalue weighted by Crippen LogP contribution is -2.32. The Kier molecular flexibility index (Phi) is 10.4. The SMILES string of the molecule is CCCN(CCC)C(=O)c1ccc(NC(=O)CNc2ccc(NC(=O)CC(C)C)cc2)cc1. The molecule has 3 N–H and O–H groups in total. The molecule has 0 saturated heterocycles. The van der Waals surface area contributed by atoms with E-state index in [0.717, 1.165) is 37.3 Å². The van der Waals surface area contributed by atoms with Gasteiger partial charge in [-0.25, -0.2) is 0 Å². The predicted octanol–water partition coefficient (Wildman–Crippen LogP) is 4.98. The van der Waals surface area contributed by atoms with Gasteiger partial charge in [-0.2, -0.15) is 0 Å². The van der Waals surface area contributed by atoms with Crippen LogP contribution in [0, 0.1) is 5.92 Å². The number of benzene rings is 2. The number of amides is 3. The molecule has 2 rings (SSSR count). The fraction of sp³-hybridized carbons (Fsp3) is 0.423. The third-order valence-electron chi connectivity index (χ3n) is 4.91. The summed E-state index contributed by atoms with van der Waals surface area (Å²) >= 11 is 0. The van der Waals surface area contributed by atoms with Gasteiger partial charge < -0.3 is 20.9 Å². The average Bonchev–Trinajstić information content (AvgIpc) is 2.78. The molecule has 0 aliphatic carbocycles. The van der Waals surface area contributed by atoms with Gasteiger partial charge in [0.15, 0.2) is 0 Å². The Balaban J connectivity index is 1.83. The van der Waals surface area contributed by atoms with Gasteiger partial charge in [0, 0.05) is 42.1 Å². The van der Waals surface area contributed by atoms with Crippen LogP contribution in [0.1, 0.15) is 57.3 Å². The lowest BCUT2D eigenvalue weighted by molar-refractivity contribution is -0.117. The smallest absolute Gasteiger partial charge is 0.253 e. The van der Waals surface area contributed by atoms with Crippen molar-refractivity contribution >= 4 is 34.8 Å². The molecule has 33 heavy (non-hydrogen) atoms. The molecular weight excluding hydrogens is 416 g/mol. The fourth-order valence-corrected chi connectivity index (χ4v) is 3.38. The van der Waals surface area contributed by atoms with Crippen molar-refractivity contribution < 1.29 is 14.4 Å². The maximum atomic E-state index is 12.7. The van der Waals surface area contributed by atoms with E-state index in [1.165, 1.54) is 0 Å². The number of hydrogen-bond donors (Lipinski definition) is 3. The normalized spacial score (nSPS) is 10.6. The molecule has 0 fully saturated rings. The van der Waals surface area contributed by atoms with E-state index in [-0.39, 0.29) is 24.3 Å². The Morgan fingerprint density at radius 3 is 1.76 bits per heavy atom. The summed E-state index contributed by atoms with van der Waals surface area (Å²) in [5, 5.41) is 8.75. The lowest BCUT2D eigenvalue weighted by Gasteiger charge is -2.21. The topological polar surface area (TPSA) is 90.5 Å². The van der Waals surface area contributed by atoms with Gasteiger partial charge in [0.05, 0.1) is 6.54 Å². The molecule has 0 aromatic heterocycles. The van der Waals surface area contributed by atoms with Crippen molar-refractivity contribution in [2.24, 2.45) is 5.92 Å². The van der Waals surface area contributed by atoms with Crippen LogP contribution in [-0.2, 0) is 9.59 Å². The van der Waals surface area contributed by atoms with Crippen LogP contribution in [0.15, 0.2) is 48.5 Å². The summed E-state index contributed by atoms with van der Waals surface area (Å²) in [5.41, 5.74) is 2.76. The summed E-state index contributed by atoms with van der Waals surface area (Å²) < 4.78 is 0. The second-order valence-corrected chi connectivity index (χ2v) is 8.49. The largest absolute Gasteiger partial charge is 0.376 e. The van der Waals surface area contributed by atoms with E-state index >= 15 is 0 Å². The first-order valence-electron chi connectivity index (χ1n) is 11.6. The maximum absolute atomic E-state index is 12.7. The molecule has 0 saturated carbocycles. The van der Waals surface area contributed by atoms with Crippen LogP contribution in [0.4, 0.5) is 17.1 Å². The lowest BCUT2D eigenvalue weighted by atomic mass is 10.1. The summed E-state index contributed by atoms with van der Waals surface area (Å²) in [5.74, 6) is 0.114. The molecule has 178 valence electrons. The van der Waals surface area contributed by atoms with E-state index in [0.29, 0.717) is 23.6 Å². The fourth-order valence-electron chi connectivity index (χ4n) is 3.38.